The van der Waals surface area contributed by atoms with Crippen LogP contribution >= 0.6 is 0 Å². The average Bonchev–Trinajstić information content (AvgIpc) is 2.83. The molecule has 0 spiro atoms. The van der Waals surface area contributed by atoms with Crippen LogP contribution in [-0.4, -0.2) is 19.4 Å². The van der Waals surface area contributed by atoms with Gasteiger partial charge in [-0.2, -0.15) is 5.26 Å². The Morgan fingerprint density at radius 1 is 1.50 bits per heavy atom. The molecule has 0 aromatic heterocycles. The van der Waals surface area contributed by atoms with Crippen LogP contribution in [0.15, 0.2) is 0 Å². The Balaban J connectivity index is 2.65. The lowest BCUT2D eigenvalue weighted by atomic mass is 10.1. The number of sulfone groups is 1. The summed E-state index contributed by atoms with van der Waals surface area (Å²) >= 11 is 0. The topological polar surface area (TPSA) is 57.9 Å². The minimum Gasteiger partial charge on any atom is -0.229 e. The largest absolute Gasteiger partial charge is 0.229 e. The van der Waals surface area contributed by atoms with Crippen LogP contribution in [0.2, 0.25) is 0 Å². The van der Waals surface area contributed by atoms with E-state index in [4.69, 9.17) is 5.26 Å². The fraction of sp³-hybridized carbons (Fsp3) is 0.900. The Morgan fingerprint density at radius 2 is 2.07 bits per heavy atom. The van der Waals surface area contributed by atoms with Crippen molar-refractivity contribution in [3.8, 4) is 6.07 Å². The van der Waals surface area contributed by atoms with E-state index >= 15 is 0 Å². The molecule has 4 heteroatoms. The smallest absolute Gasteiger partial charge is 0.153 e. The van der Waals surface area contributed by atoms with Gasteiger partial charge in [0.05, 0.1) is 17.1 Å². The van der Waals surface area contributed by atoms with E-state index < -0.39 is 9.84 Å². The molecule has 0 aromatic carbocycles. The molecule has 0 bridgehead atoms. The van der Waals surface area contributed by atoms with Crippen LogP contribution < -0.4 is 0 Å². The first kappa shape index (κ1) is 11.5. The van der Waals surface area contributed by atoms with Crippen molar-refractivity contribution in [1.29, 1.82) is 5.26 Å². The molecule has 14 heavy (non-hydrogen) atoms. The number of hydrogen-bond acceptors (Lipinski definition) is 3. The molecule has 0 aromatic rings. The van der Waals surface area contributed by atoms with Crippen LogP contribution in [-0.2, 0) is 9.84 Å². The van der Waals surface area contributed by atoms with Crippen LogP contribution in [0.1, 0.15) is 39.5 Å². The lowest BCUT2D eigenvalue weighted by Crippen LogP contribution is -2.25. The fourth-order valence-electron chi connectivity index (χ4n) is 1.54. The second kappa shape index (κ2) is 3.90. The monoisotopic (exact) mass is 215 g/mol. The molecular weight excluding hydrogens is 198 g/mol. The molecule has 0 N–H and O–H groups in total. The molecule has 0 heterocycles. The van der Waals surface area contributed by atoms with Crippen molar-refractivity contribution in [3.63, 3.8) is 0 Å². The van der Waals surface area contributed by atoms with Crippen LogP contribution in [0, 0.1) is 16.7 Å². The van der Waals surface area contributed by atoms with Crippen molar-refractivity contribution in [3.05, 3.63) is 0 Å². The lowest BCUT2D eigenvalue weighted by Gasteiger charge is -2.15. The van der Waals surface area contributed by atoms with E-state index in [1.807, 2.05) is 6.92 Å². The molecule has 1 saturated carbocycles. The van der Waals surface area contributed by atoms with Crippen molar-refractivity contribution in [1.82, 2.24) is 0 Å². The Hall–Kier alpha value is -0.560. The van der Waals surface area contributed by atoms with Crippen LogP contribution in [0.3, 0.4) is 0 Å². The van der Waals surface area contributed by atoms with Gasteiger partial charge >= 0.3 is 0 Å². The molecule has 1 aliphatic carbocycles. The highest BCUT2D eigenvalue weighted by molar-refractivity contribution is 7.92. The summed E-state index contributed by atoms with van der Waals surface area (Å²) in [7, 11) is -2.98. The van der Waals surface area contributed by atoms with Gasteiger partial charge in [-0.1, -0.05) is 6.92 Å². The summed E-state index contributed by atoms with van der Waals surface area (Å²) in [5, 5.41) is 8.32. The van der Waals surface area contributed by atoms with Gasteiger partial charge in [-0.3, -0.25) is 0 Å². The van der Waals surface area contributed by atoms with Crippen molar-refractivity contribution in [2.75, 3.05) is 5.75 Å². The van der Waals surface area contributed by atoms with E-state index in [1.54, 1.807) is 6.92 Å². The summed E-state index contributed by atoms with van der Waals surface area (Å²) in [6.07, 6.45) is 2.85. The quantitative estimate of drug-likeness (QED) is 0.703. The van der Waals surface area contributed by atoms with Gasteiger partial charge in [0.25, 0.3) is 0 Å². The third-order valence-corrected chi connectivity index (χ3v) is 5.68. The second-order valence-electron chi connectivity index (χ2n) is 4.36. The zero-order valence-corrected chi connectivity index (χ0v) is 9.60. The van der Waals surface area contributed by atoms with Gasteiger partial charge in [-0.15, -0.1) is 0 Å². The highest BCUT2D eigenvalue weighted by atomic mass is 32.2. The van der Waals surface area contributed by atoms with Crippen LogP contribution in [0.25, 0.3) is 0 Å². The third kappa shape index (κ3) is 2.48. The normalized spacial score (nSPS) is 21.2. The van der Waals surface area contributed by atoms with Gasteiger partial charge in [0, 0.05) is 6.42 Å². The molecule has 0 aliphatic heterocycles. The first-order valence-electron chi connectivity index (χ1n) is 5.04. The van der Waals surface area contributed by atoms with Gasteiger partial charge in [0.15, 0.2) is 9.84 Å². The van der Waals surface area contributed by atoms with E-state index in [9.17, 15) is 8.42 Å². The summed E-state index contributed by atoms with van der Waals surface area (Å²) in [4.78, 5) is 0. The Morgan fingerprint density at radius 3 is 2.43 bits per heavy atom. The van der Waals surface area contributed by atoms with E-state index in [0.717, 1.165) is 12.8 Å². The first-order chi connectivity index (χ1) is 6.46. The maximum atomic E-state index is 11.8. The third-order valence-electron chi connectivity index (χ3n) is 3.11. The van der Waals surface area contributed by atoms with Gasteiger partial charge in [-0.25, -0.2) is 8.42 Å². The molecular formula is C10H17NO2S. The SMILES string of the molecule is CCC(C)S(=O)(=O)CC1(CC#N)CC1. The lowest BCUT2D eigenvalue weighted by molar-refractivity contribution is 0.537. The predicted molar refractivity (Wildman–Crippen MR) is 55.4 cm³/mol. The maximum absolute atomic E-state index is 11.8. The molecule has 1 aliphatic rings. The van der Waals surface area contributed by atoms with Gasteiger partial charge < -0.3 is 0 Å². The highest BCUT2D eigenvalue weighted by Crippen LogP contribution is 2.50. The molecule has 1 fully saturated rings. The molecule has 1 rings (SSSR count). The Kier molecular flexibility index (Phi) is 3.20. The summed E-state index contributed by atoms with van der Waals surface area (Å²) in [6, 6.07) is 2.09. The first-order valence-corrected chi connectivity index (χ1v) is 6.76. The Bertz CT molecular complexity index is 336. The Labute approximate surface area is 86.0 Å². The van der Waals surface area contributed by atoms with E-state index in [-0.39, 0.29) is 16.4 Å². The number of nitrogens with zero attached hydrogens (tertiary/aromatic N) is 1. The van der Waals surface area contributed by atoms with Crippen molar-refractivity contribution in [2.45, 2.75) is 44.8 Å². The molecule has 0 saturated heterocycles. The molecule has 3 nitrogen and oxygen atoms in total. The fourth-order valence-corrected chi connectivity index (χ4v) is 3.58. The van der Waals surface area contributed by atoms with Gasteiger partial charge in [0.1, 0.15) is 0 Å². The number of rotatable bonds is 5. The van der Waals surface area contributed by atoms with E-state index in [1.165, 1.54) is 0 Å². The van der Waals surface area contributed by atoms with Crippen molar-refractivity contribution in [2.24, 2.45) is 5.41 Å². The second-order valence-corrected chi connectivity index (χ2v) is 6.78. The minimum absolute atomic E-state index is 0.184. The summed E-state index contributed by atoms with van der Waals surface area (Å²) in [5.74, 6) is 0.211. The number of nitriles is 1. The van der Waals surface area contributed by atoms with E-state index in [0.29, 0.717) is 12.8 Å². The predicted octanol–water partition coefficient (Wildman–Crippen LogP) is 1.89. The summed E-state index contributed by atoms with van der Waals surface area (Å²) in [5.41, 5.74) is -0.184. The van der Waals surface area contributed by atoms with Gasteiger partial charge in [0.2, 0.25) is 0 Å². The highest BCUT2D eigenvalue weighted by Gasteiger charge is 2.46. The zero-order valence-electron chi connectivity index (χ0n) is 8.78. The average molecular weight is 215 g/mol. The molecule has 0 amide bonds. The van der Waals surface area contributed by atoms with Crippen LogP contribution in [0.5, 0.6) is 0 Å². The summed E-state index contributed by atoms with van der Waals surface area (Å²) in [6.45, 7) is 3.63. The standard InChI is InChI=1S/C10H17NO2S/c1-3-9(2)14(12,13)8-10(4-5-10)6-7-11/h9H,3-6,8H2,1-2H3. The van der Waals surface area contributed by atoms with Crippen molar-refractivity contribution < 1.29 is 8.42 Å². The number of hydrogen-bond donors (Lipinski definition) is 0. The summed E-state index contributed by atoms with van der Waals surface area (Å²) < 4.78 is 23.6. The molecule has 0 radical (unpaired) electrons. The molecule has 1 unspecified atom stereocenters. The molecule has 1 atom stereocenters. The van der Waals surface area contributed by atoms with E-state index in [2.05, 4.69) is 6.07 Å². The van der Waals surface area contributed by atoms with Gasteiger partial charge in [-0.05, 0) is 31.6 Å². The molecule has 80 valence electrons. The maximum Gasteiger partial charge on any atom is 0.153 e. The van der Waals surface area contributed by atoms with Crippen molar-refractivity contribution >= 4 is 9.84 Å². The van der Waals surface area contributed by atoms with Crippen LogP contribution in [0.4, 0.5) is 0 Å². The minimum atomic E-state index is -2.98. The zero-order chi connectivity index (χ0) is 10.8.